The van der Waals surface area contributed by atoms with Gasteiger partial charge in [0.25, 0.3) is 5.91 Å². The van der Waals surface area contributed by atoms with Crippen LogP contribution in [-0.2, 0) is 0 Å². The van der Waals surface area contributed by atoms with Gasteiger partial charge in [0.1, 0.15) is 11.5 Å². The summed E-state index contributed by atoms with van der Waals surface area (Å²) in [5.74, 6) is 0.450. The molecule has 0 unspecified atom stereocenters. The van der Waals surface area contributed by atoms with Gasteiger partial charge >= 0.3 is 0 Å². The summed E-state index contributed by atoms with van der Waals surface area (Å²) in [6, 6.07) is 3.47. The van der Waals surface area contributed by atoms with Crippen LogP contribution in [0.2, 0.25) is 5.02 Å². The van der Waals surface area contributed by atoms with Crippen LogP contribution in [0.1, 0.15) is 36.7 Å². The third-order valence-electron chi connectivity index (χ3n) is 4.23. The second-order valence-corrected chi connectivity index (χ2v) is 6.12. The van der Waals surface area contributed by atoms with E-state index in [0.29, 0.717) is 17.4 Å². The third-order valence-corrected chi connectivity index (χ3v) is 4.53. The first-order valence-electron chi connectivity index (χ1n) is 7.34. The van der Waals surface area contributed by atoms with Gasteiger partial charge in [-0.2, -0.15) is 0 Å². The number of aromatic nitrogens is 1. The van der Waals surface area contributed by atoms with Crippen molar-refractivity contribution in [2.45, 2.75) is 31.7 Å². The zero-order valence-corrected chi connectivity index (χ0v) is 13.6. The summed E-state index contributed by atoms with van der Waals surface area (Å²) in [5, 5.41) is 6.44. The lowest BCUT2D eigenvalue weighted by atomic mass is 9.75. The first-order valence-corrected chi connectivity index (χ1v) is 7.72. The van der Waals surface area contributed by atoms with Crippen LogP contribution < -0.4 is 10.6 Å². The van der Waals surface area contributed by atoms with E-state index in [4.69, 9.17) is 11.6 Å². The number of halogens is 1. The summed E-state index contributed by atoms with van der Waals surface area (Å²) in [5.41, 5.74) is 0.366. The second kappa shape index (κ2) is 6.62. The number of hydrogen-bond acceptors (Lipinski definition) is 4. The Morgan fingerprint density at radius 3 is 2.67 bits per heavy atom. The standard InChI is InChI=1S/C15H23ClN4O/c1-4-17-12-7-6-11(16)13(19-12)14(21)18-10-15(20(2)3)8-5-9-15/h6-7H,4-5,8-10H2,1-3H3,(H,17,19)(H,18,21). The van der Waals surface area contributed by atoms with Crippen molar-refractivity contribution in [2.75, 3.05) is 32.5 Å². The lowest BCUT2D eigenvalue weighted by Gasteiger charge is -2.47. The molecule has 1 aromatic rings. The third kappa shape index (κ3) is 3.47. The lowest BCUT2D eigenvalue weighted by Crippen LogP contribution is -2.57. The van der Waals surface area contributed by atoms with Crippen molar-refractivity contribution >= 4 is 23.3 Å². The number of rotatable bonds is 6. The molecule has 1 aliphatic carbocycles. The molecule has 2 N–H and O–H groups in total. The fourth-order valence-corrected chi connectivity index (χ4v) is 2.77. The normalized spacial score (nSPS) is 16.4. The van der Waals surface area contributed by atoms with Gasteiger partial charge in [-0.05, 0) is 52.4 Å². The van der Waals surface area contributed by atoms with Crippen LogP contribution in [0.25, 0.3) is 0 Å². The zero-order valence-electron chi connectivity index (χ0n) is 12.9. The first-order chi connectivity index (χ1) is 9.98. The van der Waals surface area contributed by atoms with Gasteiger partial charge in [0.05, 0.1) is 5.02 Å². The van der Waals surface area contributed by atoms with Crippen LogP contribution in [0.3, 0.4) is 0 Å². The van der Waals surface area contributed by atoms with Crippen molar-refractivity contribution in [1.82, 2.24) is 15.2 Å². The van der Waals surface area contributed by atoms with E-state index in [1.807, 2.05) is 6.92 Å². The molecule has 116 valence electrons. The summed E-state index contributed by atoms with van der Waals surface area (Å²) in [7, 11) is 4.12. The molecule has 2 rings (SSSR count). The Balaban J connectivity index is 2.04. The van der Waals surface area contributed by atoms with E-state index in [1.165, 1.54) is 6.42 Å². The van der Waals surface area contributed by atoms with Gasteiger partial charge in [0.15, 0.2) is 0 Å². The Morgan fingerprint density at radius 1 is 1.43 bits per heavy atom. The molecule has 1 fully saturated rings. The number of amides is 1. The van der Waals surface area contributed by atoms with Gasteiger partial charge in [-0.25, -0.2) is 4.98 Å². The molecule has 0 spiro atoms. The fourth-order valence-electron chi connectivity index (χ4n) is 2.58. The van der Waals surface area contributed by atoms with E-state index in [1.54, 1.807) is 12.1 Å². The molecule has 1 saturated carbocycles. The highest BCUT2D eigenvalue weighted by Crippen LogP contribution is 2.35. The van der Waals surface area contributed by atoms with Gasteiger partial charge in [-0.3, -0.25) is 4.79 Å². The fraction of sp³-hybridized carbons (Fsp3) is 0.600. The number of carbonyl (C=O) groups excluding carboxylic acids is 1. The van der Waals surface area contributed by atoms with E-state index >= 15 is 0 Å². The minimum Gasteiger partial charge on any atom is -0.370 e. The molecule has 0 saturated heterocycles. The Bertz CT molecular complexity index is 514. The van der Waals surface area contributed by atoms with Crippen molar-refractivity contribution in [3.8, 4) is 0 Å². The predicted molar refractivity (Wildman–Crippen MR) is 86.0 cm³/mol. The van der Waals surface area contributed by atoms with Gasteiger partial charge in [0, 0.05) is 18.6 Å². The van der Waals surface area contributed by atoms with Crippen LogP contribution in [0.4, 0.5) is 5.82 Å². The van der Waals surface area contributed by atoms with Crippen LogP contribution in [0.15, 0.2) is 12.1 Å². The maximum atomic E-state index is 12.3. The Hall–Kier alpha value is -1.33. The van der Waals surface area contributed by atoms with Crippen LogP contribution >= 0.6 is 11.6 Å². The highest BCUT2D eigenvalue weighted by Gasteiger charge is 2.39. The molecule has 0 atom stereocenters. The summed E-state index contributed by atoms with van der Waals surface area (Å²) in [4.78, 5) is 18.8. The van der Waals surface area contributed by atoms with E-state index in [9.17, 15) is 4.79 Å². The molecule has 1 aromatic heterocycles. The van der Waals surface area contributed by atoms with Gasteiger partial charge in [-0.15, -0.1) is 0 Å². The van der Waals surface area contributed by atoms with Crippen molar-refractivity contribution < 1.29 is 4.79 Å². The maximum absolute atomic E-state index is 12.3. The molecule has 21 heavy (non-hydrogen) atoms. The van der Waals surface area contributed by atoms with Crippen molar-refractivity contribution in [1.29, 1.82) is 0 Å². The van der Waals surface area contributed by atoms with Crippen molar-refractivity contribution in [2.24, 2.45) is 0 Å². The van der Waals surface area contributed by atoms with E-state index in [0.717, 1.165) is 19.4 Å². The van der Waals surface area contributed by atoms with Gasteiger partial charge in [-0.1, -0.05) is 11.6 Å². The topological polar surface area (TPSA) is 57.3 Å². The summed E-state index contributed by atoms with van der Waals surface area (Å²) >= 11 is 6.09. The highest BCUT2D eigenvalue weighted by atomic mass is 35.5. The minimum atomic E-state index is -0.215. The number of hydrogen-bond donors (Lipinski definition) is 2. The number of likely N-dealkylation sites (N-methyl/N-ethyl adjacent to an activating group) is 1. The summed E-state index contributed by atoms with van der Waals surface area (Å²) in [6.07, 6.45) is 3.43. The largest absolute Gasteiger partial charge is 0.370 e. The Labute approximate surface area is 131 Å². The number of pyridine rings is 1. The average Bonchev–Trinajstić information content (AvgIpc) is 2.39. The molecular weight excluding hydrogens is 288 g/mol. The predicted octanol–water partition coefficient (Wildman–Crippen LogP) is 2.38. The van der Waals surface area contributed by atoms with Gasteiger partial charge in [0.2, 0.25) is 0 Å². The SMILES string of the molecule is CCNc1ccc(Cl)c(C(=O)NCC2(N(C)C)CCC2)n1. The molecule has 0 radical (unpaired) electrons. The summed E-state index contributed by atoms with van der Waals surface area (Å²) in [6.45, 7) is 3.36. The maximum Gasteiger partial charge on any atom is 0.271 e. The molecule has 0 bridgehead atoms. The van der Waals surface area contributed by atoms with Gasteiger partial charge < -0.3 is 15.5 Å². The first kappa shape index (κ1) is 16.0. The number of nitrogens with zero attached hydrogens (tertiary/aromatic N) is 2. The molecule has 6 heteroatoms. The van der Waals surface area contributed by atoms with E-state index in [-0.39, 0.29) is 17.1 Å². The average molecular weight is 311 g/mol. The summed E-state index contributed by atoms with van der Waals surface area (Å²) < 4.78 is 0. The number of anilines is 1. The van der Waals surface area contributed by atoms with Crippen LogP contribution in [0.5, 0.6) is 0 Å². The number of nitrogens with one attached hydrogen (secondary N) is 2. The molecule has 1 heterocycles. The van der Waals surface area contributed by atoms with Crippen molar-refractivity contribution in [3.63, 3.8) is 0 Å². The highest BCUT2D eigenvalue weighted by molar-refractivity contribution is 6.33. The zero-order chi connectivity index (χ0) is 15.5. The van der Waals surface area contributed by atoms with E-state index in [2.05, 4.69) is 34.6 Å². The Kier molecular flexibility index (Phi) is 5.06. The lowest BCUT2D eigenvalue weighted by molar-refractivity contribution is 0.0556. The monoisotopic (exact) mass is 310 g/mol. The molecular formula is C15H23ClN4O. The molecule has 0 aromatic carbocycles. The molecule has 1 aliphatic rings. The van der Waals surface area contributed by atoms with Crippen molar-refractivity contribution in [3.05, 3.63) is 22.8 Å². The quantitative estimate of drug-likeness (QED) is 0.847. The number of carbonyl (C=O) groups is 1. The van der Waals surface area contributed by atoms with E-state index < -0.39 is 0 Å². The molecule has 5 nitrogen and oxygen atoms in total. The Morgan fingerprint density at radius 2 is 2.14 bits per heavy atom. The van der Waals surface area contributed by atoms with Crippen LogP contribution in [0, 0.1) is 0 Å². The molecule has 0 aliphatic heterocycles. The molecule has 1 amide bonds. The van der Waals surface area contributed by atoms with Crippen LogP contribution in [-0.4, -0.2) is 48.5 Å². The smallest absolute Gasteiger partial charge is 0.271 e. The minimum absolute atomic E-state index is 0.0847. The second-order valence-electron chi connectivity index (χ2n) is 5.71.